The normalized spacial score (nSPS) is 27.1. The summed E-state index contributed by atoms with van der Waals surface area (Å²) in [7, 11) is 0. The number of aliphatic hydroxyl groups is 11. The Kier molecular flexibility index (Phi) is 54.0. The molecule has 564 valence electrons. The van der Waals surface area contributed by atoms with Crippen molar-refractivity contribution in [2.45, 2.75) is 452 Å². The SMILES string of the molecule is CCCCCCCCCCCCCCCCCCCCCCCCCCCCCCCCCCCCCC(=O)NC(COC1OC(CO)C(OC2OC(CO)C(OC3OC(CO)C(O)C(O)C3O)C(O)C2O)C(O)C1O)C(O)CCCCCCCCCCCCCCCCC. The van der Waals surface area contributed by atoms with Crippen molar-refractivity contribution in [1.82, 2.24) is 5.32 Å². The molecule has 0 aromatic rings. The molecule has 0 aliphatic carbocycles. The van der Waals surface area contributed by atoms with Crippen LogP contribution in [0.2, 0.25) is 0 Å². The maximum absolute atomic E-state index is 13.5. The van der Waals surface area contributed by atoms with E-state index in [2.05, 4.69) is 19.2 Å². The Balaban J connectivity index is 1.31. The minimum Gasteiger partial charge on any atom is -0.394 e. The third-order valence-corrected chi connectivity index (χ3v) is 20.4. The molecule has 0 radical (unpaired) electrons. The quantitative estimate of drug-likeness (QED) is 0.0252. The van der Waals surface area contributed by atoms with Gasteiger partial charge >= 0.3 is 0 Å². The lowest BCUT2D eigenvalue weighted by Gasteiger charge is -2.48. The first kappa shape index (κ1) is 88.0. The van der Waals surface area contributed by atoms with Gasteiger partial charge in [0, 0.05) is 6.42 Å². The summed E-state index contributed by atoms with van der Waals surface area (Å²) in [6, 6.07) is -0.882. The highest BCUT2D eigenvalue weighted by atomic mass is 16.8. The third-order valence-electron chi connectivity index (χ3n) is 20.4. The first-order valence-electron chi connectivity index (χ1n) is 39.8. The fourth-order valence-corrected chi connectivity index (χ4v) is 14.0. The lowest BCUT2D eigenvalue weighted by Crippen LogP contribution is -2.66. The molecule has 17 atom stereocenters. The van der Waals surface area contributed by atoms with Gasteiger partial charge in [-0.25, -0.2) is 0 Å². The summed E-state index contributed by atoms with van der Waals surface area (Å²) in [5.41, 5.74) is 0. The van der Waals surface area contributed by atoms with Gasteiger partial charge in [-0.2, -0.15) is 0 Å². The minimum absolute atomic E-state index is 0.234. The van der Waals surface area contributed by atoms with Crippen LogP contribution in [0.1, 0.15) is 348 Å². The Hall–Kier alpha value is -1.21. The molecule has 19 heteroatoms. The second-order valence-electron chi connectivity index (χ2n) is 28.9. The van der Waals surface area contributed by atoms with Crippen molar-refractivity contribution in [1.29, 1.82) is 0 Å². The van der Waals surface area contributed by atoms with Crippen LogP contribution in [0.3, 0.4) is 0 Å². The lowest BCUT2D eigenvalue weighted by molar-refractivity contribution is -0.379. The Morgan fingerprint density at radius 1 is 0.337 bits per heavy atom. The summed E-state index contributed by atoms with van der Waals surface area (Å²) < 4.78 is 34.5. The number of nitrogens with one attached hydrogen (secondary N) is 1. The summed E-state index contributed by atoms with van der Waals surface area (Å²) in [5.74, 6) is -0.234. The van der Waals surface area contributed by atoms with E-state index in [1.165, 1.54) is 270 Å². The molecule has 3 aliphatic heterocycles. The minimum atomic E-state index is -1.97. The van der Waals surface area contributed by atoms with Gasteiger partial charge < -0.3 is 89.9 Å². The monoisotopic (exact) mass is 1360 g/mol. The molecule has 0 bridgehead atoms. The van der Waals surface area contributed by atoms with E-state index in [4.69, 9.17) is 28.4 Å². The van der Waals surface area contributed by atoms with Crippen LogP contribution in [0.4, 0.5) is 0 Å². The predicted octanol–water partition coefficient (Wildman–Crippen LogP) is 12.6. The molecular weight excluding hydrogens is 1210 g/mol. The van der Waals surface area contributed by atoms with Crippen LogP contribution in [-0.2, 0) is 33.2 Å². The van der Waals surface area contributed by atoms with E-state index in [0.717, 1.165) is 44.9 Å². The van der Waals surface area contributed by atoms with E-state index < -0.39 is 124 Å². The van der Waals surface area contributed by atoms with Crippen molar-refractivity contribution in [3.63, 3.8) is 0 Å². The third kappa shape index (κ3) is 39.1. The van der Waals surface area contributed by atoms with Gasteiger partial charge in [0.1, 0.15) is 73.2 Å². The molecule has 3 aliphatic rings. The number of ether oxygens (including phenoxy) is 6. The van der Waals surface area contributed by atoms with Gasteiger partial charge in [0.15, 0.2) is 18.9 Å². The van der Waals surface area contributed by atoms with Crippen molar-refractivity contribution < 1.29 is 89.4 Å². The molecule has 3 heterocycles. The van der Waals surface area contributed by atoms with Crippen LogP contribution < -0.4 is 5.32 Å². The van der Waals surface area contributed by atoms with Crippen LogP contribution in [-0.4, -0.2) is 193 Å². The summed E-state index contributed by atoms with van der Waals surface area (Å²) in [4.78, 5) is 13.5. The molecule has 3 rings (SSSR count). The summed E-state index contributed by atoms with van der Waals surface area (Å²) >= 11 is 0. The van der Waals surface area contributed by atoms with Crippen LogP contribution in [0.25, 0.3) is 0 Å². The highest BCUT2D eigenvalue weighted by Gasteiger charge is 2.54. The number of carbonyl (C=O) groups excluding carboxylic acids is 1. The molecule has 0 spiro atoms. The highest BCUT2D eigenvalue weighted by Crippen LogP contribution is 2.33. The van der Waals surface area contributed by atoms with Crippen LogP contribution in [0.15, 0.2) is 0 Å². The molecule has 12 N–H and O–H groups in total. The highest BCUT2D eigenvalue weighted by molar-refractivity contribution is 5.76. The Morgan fingerprint density at radius 3 is 0.916 bits per heavy atom. The number of aliphatic hydroxyl groups excluding tert-OH is 11. The Bertz CT molecular complexity index is 1720. The molecule has 0 aromatic heterocycles. The molecule has 95 heavy (non-hydrogen) atoms. The van der Waals surface area contributed by atoms with Crippen molar-refractivity contribution in [2.24, 2.45) is 0 Å². The van der Waals surface area contributed by atoms with Crippen LogP contribution in [0.5, 0.6) is 0 Å². The Morgan fingerprint density at radius 2 is 0.600 bits per heavy atom. The number of hydrogen-bond acceptors (Lipinski definition) is 18. The van der Waals surface area contributed by atoms with E-state index in [-0.39, 0.29) is 18.9 Å². The molecule has 0 aromatic carbocycles. The first-order valence-corrected chi connectivity index (χ1v) is 39.8. The van der Waals surface area contributed by atoms with E-state index in [1.54, 1.807) is 0 Å². The fraction of sp³-hybridized carbons (Fsp3) is 0.987. The van der Waals surface area contributed by atoms with Crippen LogP contribution >= 0.6 is 0 Å². The predicted molar refractivity (Wildman–Crippen MR) is 374 cm³/mol. The maximum Gasteiger partial charge on any atom is 0.220 e. The molecular formula is C76H147NO18. The van der Waals surface area contributed by atoms with Gasteiger partial charge in [0.05, 0.1) is 38.6 Å². The van der Waals surface area contributed by atoms with E-state index in [1.807, 2.05) is 0 Å². The second-order valence-corrected chi connectivity index (χ2v) is 28.9. The molecule has 3 fully saturated rings. The van der Waals surface area contributed by atoms with Crippen molar-refractivity contribution in [3.05, 3.63) is 0 Å². The zero-order valence-electron chi connectivity index (χ0n) is 60.2. The Labute approximate surface area is 576 Å². The molecule has 17 unspecified atom stereocenters. The largest absolute Gasteiger partial charge is 0.394 e. The van der Waals surface area contributed by atoms with E-state index in [9.17, 15) is 61.0 Å². The number of hydrogen-bond donors (Lipinski definition) is 12. The summed E-state index contributed by atoms with van der Waals surface area (Å²) in [6.45, 7) is 1.85. The zero-order valence-corrected chi connectivity index (χ0v) is 60.2. The number of carbonyl (C=O) groups is 1. The van der Waals surface area contributed by atoms with Crippen molar-refractivity contribution >= 4 is 5.91 Å². The van der Waals surface area contributed by atoms with Gasteiger partial charge in [-0.05, 0) is 12.8 Å². The standard InChI is InChI=1S/C76H147NO18/c1-3-5-7-9-11-13-15-17-19-20-21-22-23-24-25-26-27-28-29-30-31-32-33-34-35-36-37-38-40-42-44-46-48-50-52-54-64(82)77-59(60(81)53-51-49-47-45-43-41-39-18-16-14-12-10-8-6-4-2)58-90-74-70(88)67(85)72(62(56-79)92-74)95-76-71(89)68(86)73(63(57-80)93-76)94-75-69(87)66(84)65(83)61(55-78)91-75/h59-63,65-76,78-81,83-89H,3-58H2,1-2H3,(H,77,82). The van der Waals surface area contributed by atoms with Gasteiger partial charge in [-0.1, -0.05) is 328 Å². The zero-order chi connectivity index (χ0) is 68.9. The topological polar surface area (TPSA) is 307 Å². The number of amides is 1. The maximum atomic E-state index is 13.5. The van der Waals surface area contributed by atoms with Gasteiger partial charge in [0.25, 0.3) is 0 Å². The van der Waals surface area contributed by atoms with Crippen molar-refractivity contribution in [3.8, 4) is 0 Å². The lowest BCUT2D eigenvalue weighted by atomic mass is 9.96. The van der Waals surface area contributed by atoms with E-state index in [0.29, 0.717) is 12.8 Å². The number of rotatable bonds is 64. The van der Waals surface area contributed by atoms with Gasteiger partial charge in [0.2, 0.25) is 5.91 Å². The van der Waals surface area contributed by atoms with Gasteiger partial charge in [-0.3, -0.25) is 4.79 Å². The smallest absolute Gasteiger partial charge is 0.220 e. The molecule has 3 saturated heterocycles. The molecule has 0 saturated carbocycles. The average Bonchev–Trinajstić information content (AvgIpc) is 0.799. The molecule has 1 amide bonds. The van der Waals surface area contributed by atoms with Gasteiger partial charge in [-0.15, -0.1) is 0 Å². The van der Waals surface area contributed by atoms with E-state index >= 15 is 0 Å². The van der Waals surface area contributed by atoms with Crippen LogP contribution in [0, 0.1) is 0 Å². The fourth-order valence-electron chi connectivity index (χ4n) is 14.0. The van der Waals surface area contributed by atoms with Crippen molar-refractivity contribution in [2.75, 3.05) is 26.4 Å². The summed E-state index contributed by atoms with van der Waals surface area (Å²) in [5, 5.41) is 121. The second kappa shape index (κ2) is 58.3. The summed E-state index contributed by atoms with van der Waals surface area (Å²) in [6.07, 6.45) is 39.3. The first-order chi connectivity index (χ1) is 46.3. The average molecular weight is 1360 g/mol. The number of unbranched alkanes of at least 4 members (excludes halogenated alkanes) is 48. The molecule has 19 nitrogen and oxygen atoms in total.